The van der Waals surface area contributed by atoms with E-state index in [2.05, 4.69) is 9.72 Å². The maximum absolute atomic E-state index is 13.1. The quantitative estimate of drug-likeness (QED) is 0.822. The molecule has 2 rings (SSSR count). The lowest BCUT2D eigenvalue weighted by Crippen LogP contribution is -2.58. The monoisotopic (exact) mass is 365 g/mol. The molecule has 1 N–H and O–H groups in total. The van der Waals surface area contributed by atoms with Crippen molar-refractivity contribution in [2.45, 2.75) is 39.0 Å². The molecule has 1 aromatic heterocycles. The highest BCUT2D eigenvalue weighted by Gasteiger charge is 2.44. The van der Waals surface area contributed by atoms with Crippen LogP contribution in [0.5, 0.6) is 0 Å². The molecule has 140 valence electrons. The number of carbonyl (C=O) groups excluding carboxylic acids is 1. The first-order chi connectivity index (χ1) is 11.6. The van der Waals surface area contributed by atoms with E-state index < -0.39 is 41.8 Å². The highest BCUT2D eigenvalue weighted by atomic mass is 19.4. The van der Waals surface area contributed by atoms with Crippen LogP contribution >= 0.6 is 0 Å². The summed E-state index contributed by atoms with van der Waals surface area (Å²) in [4.78, 5) is 29.2. The summed E-state index contributed by atoms with van der Waals surface area (Å²) in [6.45, 7) is 4.76. The van der Waals surface area contributed by atoms with Gasteiger partial charge in [-0.1, -0.05) is 0 Å². The van der Waals surface area contributed by atoms with Gasteiger partial charge in [0.1, 0.15) is 0 Å². The van der Waals surface area contributed by atoms with Gasteiger partial charge in [-0.3, -0.25) is 4.90 Å². The number of aromatic nitrogens is 1. The van der Waals surface area contributed by atoms with Crippen LogP contribution in [0.3, 0.4) is 0 Å². The third-order valence-corrected chi connectivity index (χ3v) is 3.75. The largest absolute Gasteiger partial charge is 0.465 e. The zero-order chi connectivity index (χ0) is 18.9. The van der Waals surface area contributed by atoms with Gasteiger partial charge in [-0.15, -0.1) is 0 Å². The van der Waals surface area contributed by atoms with Crippen LogP contribution in [0.1, 0.15) is 37.0 Å². The summed E-state index contributed by atoms with van der Waals surface area (Å²) in [7, 11) is 0. The predicted octanol–water partition coefficient (Wildman–Crippen LogP) is 2.45. The number of alkyl halides is 3. The normalized spacial score (nSPS) is 21.4. The zero-order valence-electron chi connectivity index (χ0n) is 13.8. The minimum atomic E-state index is -4.91. The molecule has 0 radical (unpaired) electrons. The Bertz CT molecular complexity index is 649. The molecule has 2 atom stereocenters. The van der Waals surface area contributed by atoms with Gasteiger partial charge < -0.3 is 19.2 Å². The third kappa shape index (κ3) is 3.80. The number of oxazole rings is 1. The number of carbonyl (C=O) groups is 2. The number of amides is 1. The van der Waals surface area contributed by atoms with E-state index in [1.54, 1.807) is 13.8 Å². The lowest BCUT2D eigenvalue weighted by atomic mass is 10.1. The van der Waals surface area contributed by atoms with Gasteiger partial charge in [-0.25, -0.2) is 9.59 Å². The summed E-state index contributed by atoms with van der Waals surface area (Å²) < 4.78 is 48.7. The number of carboxylic acid groups (broad SMARTS) is 1. The summed E-state index contributed by atoms with van der Waals surface area (Å²) in [6.07, 6.45) is -6.02. The molecule has 1 amide bonds. The number of anilines is 1. The highest BCUT2D eigenvalue weighted by molar-refractivity contribution is 5.89. The second-order valence-electron chi connectivity index (χ2n) is 5.69. The Balaban J connectivity index is 2.34. The molecule has 1 aliphatic rings. The standard InChI is InChI=1S/C14H18F3N3O5/c1-4-24-11(21)9-10(14(15,16)17)25-12(18-9)19-5-7(2)20(13(22)23)8(3)6-19/h7-8H,4-6H2,1-3H3,(H,22,23)/t7-,8?/m0/s1. The van der Waals surface area contributed by atoms with Gasteiger partial charge in [0.05, 0.1) is 18.7 Å². The molecule has 0 spiro atoms. The van der Waals surface area contributed by atoms with Crippen molar-refractivity contribution in [1.29, 1.82) is 0 Å². The molecule has 0 aromatic carbocycles. The zero-order valence-corrected chi connectivity index (χ0v) is 13.8. The second-order valence-corrected chi connectivity index (χ2v) is 5.69. The predicted molar refractivity (Wildman–Crippen MR) is 78.5 cm³/mol. The molecule has 25 heavy (non-hydrogen) atoms. The molecular weight excluding hydrogens is 347 g/mol. The lowest BCUT2D eigenvalue weighted by Gasteiger charge is -2.42. The first-order valence-corrected chi connectivity index (χ1v) is 7.57. The fraction of sp³-hybridized carbons (Fsp3) is 0.643. The van der Waals surface area contributed by atoms with E-state index in [9.17, 15) is 27.9 Å². The molecule has 1 aliphatic heterocycles. The molecule has 1 saturated heterocycles. The SMILES string of the molecule is CCOC(=O)c1nc(N2CC(C)N(C(=O)O)[C@@H](C)C2)oc1C(F)(F)F. The Morgan fingerprint density at radius 1 is 1.32 bits per heavy atom. The summed E-state index contributed by atoms with van der Waals surface area (Å²) in [5, 5.41) is 9.18. The van der Waals surface area contributed by atoms with Crippen LogP contribution in [-0.2, 0) is 10.9 Å². The Kier molecular flexibility index (Phi) is 5.14. The smallest absolute Gasteiger partial charge is 0.452 e. The van der Waals surface area contributed by atoms with E-state index in [0.29, 0.717) is 0 Å². The van der Waals surface area contributed by atoms with E-state index in [0.717, 1.165) is 0 Å². The number of hydrogen-bond donors (Lipinski definition) is 1. The average Bonchev–Trinajstić information content (AvgIpc) is 2.91. The van der Waals surface area contributed by atoms with Gasteiger partial charge in [0.25, 0.3) is 6.01 Å². The summed E-state index contributed by atoms with van der Waals surface area (Å²) >= 11 is 0. The van der Waals surface area contributed by atoms with Gasteiger partial charge in [0, 0.05) is 13.1 Å². The Morgan fingerprint density at radius 3 is 2.32 bits per heavy atom. The number of hydrogen-bond acceptors (Lipinski definition) is 6. The van der Waals surface area contributed by atoms with Gasteiger partial charge in [0.15, 0.2) is 0 Å². The van der Waals surface area contributed by atoms with Crippen LogP contribution in [0.4, 0.5) is 24.0 Å². The fourth-order valence-corrected chi connectivity index (χ4v) is 2.83. The third-order valence-electron chi connectivity index (χ3n) is 3.75. The average molecular weight is 365 g/mol. The molecular formula is C14H18F3N3O5. The topological polar surface area (TPSA) is 96.1 Å². The van der Waals surface area contributed by atoms with E-state index >= 15 is 0 Å². The number of halogens is 3. The number of ether oxygens (including phenoxy) is 1. The van der Waals surface area contributed by atoms with E-state index in [1.807, 2.05) is 0 Å². The maximum Gasteiger partial charge on any atom is 0.452 e. The molecule has 1 unspecified atom stereocenters. The second kappa shape index (κ2) is 6.81. The summed E-state index contributed by atoms with van der Waals surface area (Å²) in [5.41, 5.74) is -0.940. The van der Waals surface area contributed by atoms with E-state index in [-0.39, 0.29) is 25.7 Å². The minimum Gasteiger partial charge on any atom is -0.465 e. The maximum atomic E-state index is 13.1. The molecule has 11 heteroatoms. The van der Waals surface area contributed by atoms with Crippen molar-refractivity contribution in [3.05, 3.63) is 11.5 Å². The Hall–Kier alpha value is -2.46. The van der Waals surface area contributed by atoms with Crippen molar-refractivity contribution < 1.29 is 37.0 Å². The first-order valence-electron chi connectivity index (χ1n) is 7.57. The molecule has 0 aliphatic carbocycles. The molecule has 0 bridgehead atoms. The van der Waals surface area contributed by atoms with Crippen molar-refractivity contribution in [3.63, 3.8) is 0 Å². The van der Waals surface area contributed by atoms with Gasteiger partial charge in [0.2, 0.25) is 11.5 Å². The van der Waals surface area contributed by atoms with Gasteiger partial charge in [-0.2, -0.15) is 18.2 Å². The molecule has 1 fully saturated rings. The van der Waals surface area contributed by atoms with Crippen molar-refractivity contribution >= 4 is 18.1 Å². The van der Waals surface area contributed by atoms with Crippen molar-refractivity contribution in [2.24, 2.45) is 0 Å². The van der Waals surface area contributed by atoms with Crippen LogP contribution in [-0.4, -0.2) is 58.8 Å². The number of nitrogens with zero attached hydrogens (tertiary/aromatic N) is 3. The van der Waals surface area contributed by atoms with Crippen LogP contribution in [0.2, 0.25) is 0 Å². The van der Waals surface area contributed by atoms with Crippen LogP contribution in [0, 0.1) is 0 Å². The Labute approximate surface area is 141 Å². The summed E-state index contributed by atoms with van der Waals surface area (Å²) in [6, 6.07) is -1.37. The minimum absolute atomic E-state index is 0.0801. The Morgan fingerprint density at radius 2 is 1.88 bits per heavy atom. The van der Waals surface area contributed by atoms with Gasteiger partial charge >= 0.3 is 18.2 Å². The van der Waals surface area contributed by atoms with E-state index in [1.165, 1.54) is 16.7 Å². The van der Waals surface area contributed by atoms with Crippen molar-refractivity contribution in [2.75, 3.05) is 24.6 Å². The van der Waals surface area contributed by atoms with Crippen LogP contribution in [0.15, 0.2) is 4.42 Å². The number of esters is 1. The molecule has 2 heterocycles. The van der Waals surface area contributed by atoms with Crippen molar-refractivity contribution in [1.82, 2.24) is 9.88 Å². The highest BCUT2D eigenvalue weighted by Crippen LogP contribution is 2.36. The molecule has 1 aromatic rings. The molecule has 0 saturated carbocycles. The molecule has 8 nitrogen and oxygen atoms in total. The lowest BCUT2D eigenvalue weighted by molar-refractivity contribution is -0.153. The number of piperazine rings is 1. The summed E-state index contributed by atoms with van der Waals surface area (Å²) in [5.74, 6) is -2.75. The van der Waals surface area contributed by atoms with E-state index in [4.69, 9.17) is 4.42 Å². The first kappa shape index (κ1) is 18.9. The van der Waals surface area contributed by atoms with Crippen LogP contribution in [0.25, 0.3) is 0 Å². The van der Waals surface area contributed by atoms with Gasteiger partial charge in [-0.05, 0) is 20.8 Å². The fourth-order valence-electron chi connectivity index (χ4n) is 2.83. The number of rotatable bonds is 3. The van der Waals surface area contributed by atoms with Crippen molar-refractivity contribution in [3.8, 4) is 0 Å². The van der Waals surface area contributed by atoms with Crippen LogP contribution < -0.4 is 4.90 Å².